The number of nitrogens with zero attached hydrogens (tertiary/aromatic N) is 1. The minimum Gasteiger partial charge on any atom is -0.466 e. The first kappa shape index (κ1) is 18.0. The summed E-state index contributed by atoms with van der Waals surface area (Å²) in [6.07, 6.45) is 0.795. The van der Waals surface area contributed by atoms with Crippen molar-refractivity contribution in [2.75, 3.05) is 13.7 Å². The second kappa shape index (κ2) is 7.47. The molecule has 24 heavy (non-hydrogen) atoms. The summed E-state index contributed by atoms with van der Waals surface area (Å²) in [6.45, 7) is 6.30. The Balaban J connectivity index is 2.48. The highest BCUT2D eigenvalue weighted by Crippen LogP contribution is 2.32. The minimum atomic E-state index is -0.860. The SMILES string of the molecule is COC(=O)C1=C(C)N(CCC(C)C)C(=O)N[C@H]1c1ccccc1F. The zero-order chi connectivity index (χ0) is 17.9. The van der Waals surface area contributed by atoms with E-state index < -0.39 is 17.8 Å². The maximum atomic E-state index is 14.2. The van der Waals surface area contributed by atoms with E-state index in [1.54, 1.807) is 25.1 Å². The molecule has 1 aromatic carbocycles. The number of rotatable bonds is 5. The Labute approximate surface area is 141 Å². The van der Waals surface area contributed by atoms with Gasteiger partial charge in [-0.1, -0.05) is 32.0 Å². The maximum absolute atomic E-state index is 14.2. The highest BCUT2D eigenvalue weighted by Gasteiger charge is 2.37. The summed E-state index contributed by atoms with van der Waals surface area (Å²) in [5, 5.41) is 2.73. The molecule has 2 rings (SSSR count). The fraction of sp³-hybridized carbons (Fsp3) is 0.444. The van der Waals surface area contributed by atoms with Crippen molar-refractivity contribution in [1.82, 2.24) is 10.2 Å². The van der Waals surface area contributed by atoms with E-state index in [-0.39, 0.29) is 17.2 Å². The van der Waals surface area contributed by atoms with Crippen LogP contribution in [0.15, 0.2) is 35.5 Å². The van der Waals surface area contributed by atoms with Crippen LogP contribution in [0.2, 0.25) is 0 Å². The van der Waals surface area contributed by atoms with Gasteiger partial charge in [-0.05, 0) is 25.3 Å². The zero-order valence-corrected chi connectivity index (χ0v) is 14.4. The molecule has 1 N–H and O–H groups in total. The highest BCUT2D eigenvalue weighted by atomic mass is 19.1. The van der Waals surface area contributed by atoms with Crippen molar-refractivity contribution in [1.29, 1.82) is 0 Å². The molecule has 0 unspecified atom stereocenters. The number of ether oxygens (including phenoxy) is 1. The van der Waals surface area contributed by atoms with Crippen molar-refractivity contribution in [2.45, 2.75) is 33.2 Å². The number of carbonyl (C=O) groups excluding carboxylic acids is 2. The number of urea groups is 1. The van der Waals surface area contributed by atoms with E-state index >= 15 is 0 Å². The van der Waals surface area contributed by atoms with Gasteiger partial charge < -0.3 is 10.1 Å². The number of hydrogen-bond acceptors (Lipinski definition) is 3. The molecule has 6 heteroatoms. The lowest BCUT2D eigenvalue weighted by atomic mass is 9.94. The Morgan fingerprint density at radius 1 is 1.38 bits per heavy atom. The van der Waals surface area contributed by atoms with Gasteiger partial charge in [-0.25, -0.2) is 14.0 Å². The predicted molar refractivity (Wildman–Crippen MR) is 88.5 cm³/mol. The topological polar surface area (TPSA) is 58.6 Å². The summed E-state index contributed by atoms with van der Waals surface area (Å²) in [7, 11) is 1.27. The van der Waals surface area contributed by atoms with E-state index in [1.165, 1.54) is 18.1 Å². The molecule has 1 heterocycles. The van der Waals surface area contributed by atoms with Crippen LogP contribution in [0.4, 0.5) is 9.18 Å². The van der Waals surface area contributed by atoms with Crippen molar-refractivity contribution in [3.8, 4) is 0 Å². The molecule has 1 aliphatic heterocycles. The summed E-state index contributed by atoms with van der Waals surface area (Å²) in [6, 6.07) is 4.89. The summed E-state index contributed by atoms with van der Waals surface area (Å²) >= 11 is 0. The number of halogens is 1. The molecule has 0 aromatic heterocycles. The highest BCUT2D eigenvalue weighted by molar-refractivity contribution is 5.95. The number of methoxy groups -OCH3 is 1. The number of amides is 2. The van der Waals surface area contributed by atoms with E-state index in [4.69, 9.17) is 4.74 Å². The van der Waals surface area contributed by atoms with Crippen LogP contribution >= 0.6 is 0 Å². The van der Waals surface area contributed by atoms with Gasteiger partial charge in [0.25, 0.3) is 0 Å². The normalized spacial score (nSPS) is 18.0. The Bertz CT molecular complexity index is 670. The lowest BCUT2D eigenvalue weighted by Gasteiger charge is -2.35. The third kappa shape index (κ3) is 3.58. The monoisotopic (exact) mass is 334 g/mol. The van der Waals surface area contributed by atoms with Crippen molar-refractivity contribution >= 4 is 12.0 Å². The second-order valence-electron chi connectivity index (χ2n) is 6.23. The third-order valence-corrected chi connectivity index (χ3v) is 4.15. The molecule has 0 spiro atoms. The number of nitrogens with one attached hydrogen (secondary N) is 1. The number of benzene rings is 1. The first-order chi connectivity index (χ1) is 11.4. The molecule has 0 saturated heterocycles. The molecular formula is C18H23FN2O3. The summed E-state index contributed by atoms with van der Waals surface area (Å²) in [5.74, 6) is -0.639. The molecule has 2 amide bonds. The van der Waals surface area contributed by atoms with Crippen LogP contribution in [0, 0.1) is 11.7 Å². The minimum absolute atomic E-state index is 0.245. The van der Waals surface area contributed by atoms with Crippen LogP contribution in [-0.2, 0) is 9.53 Å². The summed E-state index contributed by atoms with van der Waals surface area (Å²) in [5.41, 5.74) is 1.000. The van der Waals surface area contributed by atoms with Gasteiger partial charge in [-0.2, -0.15) is 0 Å². The average Bonchev–Trinajstić information content (AvgIpc) is 2.53. The van der Waals surface area contributed by atoms with Crippen molar-refractivity contribution in [3.63, 3.8) is 0 Å². The van der Waals surface area contributed by atoms with Crippen LogP contribution in [-0.4, -0.2) is 30.6 Å². The van der Waals surface area contributed by atoms with Crippen LogP contribution in [0.5, 0.6) is 0 Å². The molecule has 0 saturated carbocycles. The molecule has 1 aromatic rings. The fourth-order valence-electron chi connectivity index (χ4n) is 2.75. The molecule has 1 atom stereocenters. The standard InChI is InChI=1S/C18H23FN2O3/c1-11(2)9-10-21-12(3)15(17(22)24-4)16(20-18(21)23)13-7-5-6-8-14(13)19/h5-8,11,16H,9-10H2,1-4H3,(H,20,23)/t16-/m0/s1. The third-order valence-electron chi connectivity index (χ3n) is 4.15. The van der Waals surface area contributed by atoms with Gasteiger partial charge in [0.1, 0.15) is 5.82 Å². The Hall–Kier alpha value is -2.37. The molecule has 130 valence electrons. The van der Waals surface area contributed by atoms with E-state index in [9.17, 15) is 14.0 Å². The van der Waals surface area contributed by atoms with Crippen LogP contribution in [0.3, 0.4) is 0 Å². The van der Waals surface area contributed by atoms with E-state index in [0.717, 1.165) is 6.42 Å². The van der Waals surface area contributed by atoms with Crippen LogP contribution < -0.4 is 5.32 Å². The number of allylic oxidation sites excluding steroid dienone is 1. The van der Waals surface area contributed by atoms with Crippen molar-refractivity contribution in [3.05, 3.63) is 46.9 Å². The van der Waals surface area contributed by atoms with Crippen LogP contribution in [0.25, 0.3) is 0 Å². The lowest BCUT2D eigenvalue weighted by Crippen LogP contribution is -2.48. The number of hydrogen-bond donors (Lipinski definition) is 1. The van der Waals surface area contributed by atoms with Gasteiger partial charge >= 0.3 is 12.0 Å². The van der Waals surface area contributed by atoms with E-state index in [0.29, 0.717) is 18.2 Å². The number of carbonyl (C=O) groups is 2. The molecule has 5 nitrogen and oxygen atoms in total. The lowest BCUT2D eigenvalue weighted by molar-refractivity contribution is -0.136. The maximum Gasteiger partial charge on any atom is 0.337 e. The molecular weight excluding hydrogens is 311 g/mol. The number of esters is 1. The van der Waals surface area contributed by atoms with Gasteiger partial charge in [0.2, 0.25) is 0 Å². The zero-order valence-electron chi connectivity index (χ0n) is 14.4. The fourth-order valence-corrected chi connectivity index (χ4v) is 2.75. The van der Waals surface area contributed by atoms with Gasteiger partial charge in [-0.3, -0.25) is 4.90 Å². The van der Waals surface area contributed by atoms with Crippen LogP contribution in [0.1, 0.15) is 38.8 Å². The predicted octanol–water partition coefficient (Wildman–Crippen LogP) is 3.39. The molecule has 0 bridgehead atoms. The smallest absolute Gasteiger partial charge is 0.337 e. The Morgan fingerprint density at radius 3 is 2.62 bits per heavy atom. The first-order valence-corrected chi connectivity index (χ1v) is 7.98. The first-order valence-electron chi connectivity index (χ1n) is 7.98. The summed E-state index contributed by atoms with van der Waals surface area (Å²) < 4.78 is 19.0. The Morgan fingerprint density at radius 2 is 2.04 bits per heavy atom. The van der Waals surface area contributed by atoms with Gasteiger partial charge in [-0.15, -0.1) is 0 Å². The van der Waals surface area contributed by atoms with E-state index in [1.807, 2.05) is 0 Å². The summed E-state index contributed by atoms with van der Waals surface area (Å²) in [4.78, 5) is 26.3. The molecule has 0 radical (unpaired) electrons. The average molecular weight is 334 g/mol. The molecule has 0 fully saturated rings. The van der Waals surface area contributed by atoms with Gasteiger partial charge in [0, 0.05) is 17.8 Å². The second-order valence-corrected chi connectivity index (χ2v) is 6.23. The largest absolute Gasteiger partial charge is 0.466 e. The van der Waals surface area contributed by atoms with E-state index in [2.05, 4.69) is 19.2 Å². The Kier molecular flexibility index (Phi) is 5.59. The van der Waals surface area contributed by atoms with Gasteiger partial charge in [0.15, 0.2) is 0 Å². The molecule has 1 aliphatic rings. The molecule has 0 aliphatic carbocycles. The van der Waals surface area contributed by atoms with Crippen molar-refractivity contribution < 1.29 is 18.7 Å². The quantitative estimate of drug-likeness (QED) is 0.840. The van der Waals surface area contributed by atoms with Gasteiger partial charge in [0.05, 0.1) is 18.7 Å². The van der Waals surface area contributed by atoms with Crippen molar-refractivity contribution in [2.24, 2.45) is 5.92 Å².